The molecule has 0 amide bonds. The average molecular weight is 375 g/mol. The lowest BCUT2D eigenvalue weighted by molar-refractivity contribution is 0.214. The number of oxime groups is 1. The predicted molar refractivity (Wildman–Crippen MR) is 102 cm³/mol. The molecule has 1 aliphatic carbocycles. The van der Waals surface area contributed by atoms with Gasteiger partial charge in [-0.2, -0.15) is 0 Å². The first kappa shape index (κ1) is 16.9. The molecule has 2 bridgehead atoms. The van der Waals surface area contributed by atoms with E-state index >= 15 is 0 Å². The van der Waals surface area contributed by atoms with Crippen LogP contribution in [0.3, 0.4) is 0 Å². The topological polar surface area (TPSA) is 44.6 Å². The number of rotatable bonds is 2. The van der Waals surface area contributed by atoms with E-state index in [4.69, 9.17) is 23.2 Å². The summed E-state index contributed by atoms with van der Waals surface area (Å²) < 4.78 is 0. The molecule has 0 aromatic heterocycles. The number of nitrogens with zero attached hydrogens (tertiary/aromatic N) is 1. The summed E-state index contributed by atoms with van der Waals surface area (Å²) in [6.07, 6.45) is 3.21. The molecule has 4 atom stereocenters. The van der Waals surface area contributed by atoms with Crippen molar-refractivity contribution in [1.82, 2.24) is 5.32 Å². The van der Waals surface area contributed by atoms with Crippen LogP contribution in [0.1, 0.15) is 42.5 Å². The second kappa shape index (κ2) is 6.99. The van der Waals surface area contributed by atoms with Crippen molar-refractivity contribution >= 4 is 28.9 Å². The minimum atomic E-state index is 0.111. The van der Waals surface area contributed by atoms with Gasteiger partial charge in [-0.25, -0.2) is 0 Å². The van der Waals surface area contributed by atoms with E-state index in [0.717, 1.165) is 35.0 Å². The Balaban J connectivity index is 1.74. The fraction of sp³-hybridized carbons (Fsp3) is 0.350. The smallest absolute Gasteiger partial charge is 0.0670 e. The zero-order chi connectivity index (χ0) is 17.4. The van der Waals surface area contributed by atoms with Gasteiger partial charge in [-0.05, 0) is 48.2 Å². The molecule has 2 aliphatic rings. The molecule has 3 nitrogen and oxygen atoms in total. The molecule has 1 aliphatic heterocycles. The second-order valence-electron chi connectivity index (χ2n) is 6.89. The van der Waals surface area contributed by atoms with Crippen molar-refractivity contribution in [3.8, 4) is 0 Å². The van der Waals surface area contributed by atoms with Crippen molar-refractivity contribution in [2.24, 2.45) is 17.0 Å². The van der Waals surface area contributed by atoms with Crippen molar-refractivity contribution in [3.05, 3.63) is 69.7 Å². The molecule has 2 unspecified atom stereocenters. The summed E-state index contributed by atoms with van der Waals surface area (Å²) in [5, 5.41) is 18.7. The molecule has 2 N–H and O–H groups in total. The third kappa shape index (κ3) is 3.17. The summed E-state index contributed by atoms with van der Waals surface area (Å²) in [5.41, 5.74) is 3.27. The third-order valence-electron chi connectivity index (χ3n) is 5.53. The van der Waals surface area contributed by atoms with Crippen molar-refractivity contribution in [2.45, 2.75) is 31.3 Å². The Morgan fingerprint density at radius 1 is 0.800 bits per heavy atom. The van der Waals surface area contributed by atoms with E-state index in [1.165, 1.54) is 11.1 Å². The molecular formula is C20H20Cl2N2O. The number of piperidine rings is 1. The Labute approximate surface area is 157 Å². The van der Waals surface area contributed by atoms with Crippen LogP contribution in [-0.4, -0.2) is 10.9 Å². The molecule has 130 valence electrons. The predicted octanol–water partition coefficient (Wildman–Crippen LogP) is 5.63. The number of hydrogen-bond acceptors (Lipinski definition) is 3. The quantitative estimate of drug-likeness (QED) is 0.528. The average Bonchev–Trinajstić information content (AvgIpc) is 2.63. The number of nitrogens with one attached hydrogen (secondary N) is 1. The first-order valence-electron chi connectivity index (χ1n) is 8.66. The zero-order valence-corrected chi connectivity index (χ0v) is 15.2. The van der Waals surface area contributed by atoms with Crippen molar-refractivity contribution < 1.29 is 5.21 Å². The van der Waals surface area contributed by atoms with Crippen LogP contribution in [0.5, 0.6) is 0 Å². The van der Waals surface area contributed by atoms with Gasteiger partial charge in [0.25, 0.3) is 0 Å². The van der Waals surface area contributed by atoms with Gasteiger partial charge in [0.15, 0.2) is 0 Å². The fourth-order valence-corrected chi connectivity index (χ4v) is 4.63. The molecule has 2 aromatic carbocycles. The van der Waals surface area contributed by atoms with Crippen LogP contribution in [0.25, 0.3) is 0 Å². The molecule has 1 saturated carbocycles. The Hall–Kier alpha value is -1.55. The van der Waals surface area contributed by atoms with E-state index in [1.807, 2.05) is 24.3 Å². The van der Waals surface area contributed by atoms with Crippen molar-refractivity contribution in [1.29, 1.82) is 0 Å². The standard InChI is InChI=1S/C20H20Cl2N2O/c21-14-8-4-12(5-9-14)18-16-2-1-3-17(20(16)24-25)19(23-18)13-6-10-15(22)11-7-13/h4-11,16-19,23,25H,1-3H2/t16-,17+,18?,19?. The van der Waals surface area contributed by atoms with Gasteiger partial charge in [0, 0.05) is 34.0 Å². The summed E-state index contributed by atoms with van der Waals surface area (Å²) in [5.74, 6) is 0.432. The van der Waals surface area contributed by atoms with Crippen LogP contribution in [0.2, 0.25) is 10.0 Å². The van der Waals surface area contributed by atoms with Crippen LogP contribution in [-0.2, 0) is 0 Å². The zero-order valence-electron chi connectivity index (χ0n) is 13.7. The highest BCUT2D eigenvalue weighted by Crippen LogP contribution is 2.46. The third-order valence-corrected chi connectivity index (χ3v) is 6.03. The number of halogens is 2. The minimum absolute atomic E-state index is 0.111. The first-order chi connectivity index (χ1) is 12.2. The molecule has 2 aromatic rings. The summed E-state index contributed by atoms with van der Waals surface area (Å²) in [6, 6.07) is 16.1. The molecule has 0 radical (unpaired) electrons. The highest BCUT2D eigenvalue weighted by atomic mass is 35.5. The van der Waals surface area contributed by atoms with E-state index in [-0.39, 0.29) is 23.9 Å². The van der Waals surface area contributed by atoms with E-state index in [9.17, 15) is 5.21 Å². The SMILES string of the molecule is ON=C1[C@H]2CCC[C@@H]1C(c1ccc(Cl)cc1)NC2c1ccc(Cl)cc1. The van der Waals surface area contributed by atoms with Gasteiger partial charge in [0.2, 0.25) is 0 Å². The van der Waals surface area contributed by atoms with Crippen molar-refractivity contribution in [2.75, 3.05) is 0 Å². The van der Waals surface area contributed by atoms with Gasteiger partial charge in [0.1, 0.15) is 0 Å². The molecular weight excluding hydrogens is 355 g/mol. The Morgan fingerprint density at radius 3 is 1.64 bits per heavy atom. The summed E-state index contributed by atoms with van der Waals surface area (Å²) in [4.78, 5) is 0. The highest BCUT2D eigenvalue weighted by molar-refractivity contribution is 6.30. The van der Waals surface area contributed by atoms with Crippen molar-refractivity contribution in [3.63, 3.8) is 0 Å². The van der Waals surface area contributed by atoms with Crippen LogP contribution in [0, 0.1) is 11.8 Å². The van der Waals surface area contributed by atoms with E-state index in [1.54, 1.807) is 0 Å². The number of hydrogen-bond donors (Lipinski definition) is 2. The lowest BCUT2D eigenvalue weighted by Gasteiger charge is -2.47. The second-order valence-corrected chi connectivity index (χ2v) is 7.77. The maximum atomic E-state index is 9.73. The molecule has 0 spiro atoms. The van der Waals surface area contributed by atoms with Crippen LogP contribution < -0.4 is 5.32 Å². The van der Waals surface area contributed by atoms with E-state index in [2.05, 4.69) is 34.7 Å². The van der Waals surface area contributed by atoms with E-state index in [0.29, 0.717) is 0 Å². The lowest BCUT2D eigenvalue weighted by Crippen LogP contribution is -2.50. The summed E-state index contributed by atoms with van der Waals surface area (Å²) >= 11 is 12.1. The Kier molecular flexibility index (Phi) is 4.72. The summed E-state index contributed by atoms with van der Waals surface area (Å²) in [6.45, 7) is 0. The lowest BCUT2D eigenvalue weighted by atomic mass is 9.67. The van der Waals surface area contributed by atoms with Crippen LogP contribution in [0.15, 0.2) is 53.7 Å². The summed E-state index contributed by atoms with van der Waals surface area (Å²) in [7, 11) is 0. The van der Waals surface area contributed by atoms with Gasteiger partial charge >= 0.3 is 0 Å². The van der Waals surface area contributed by atoms with Gasteiger partial charge in [-0.1, -0.05) is 59.0 Å². The first-order valence-corrected chi connectivity index (χ1v) is 9.42. The van der Waals surface area contributed by atoms with Crippen LogP contribution >= 0.6 is 23.2 Å². The normalized spacial score (nSPS) is 30.4. The Morgan fingerprint density at radius 2 is 1.24 bits per heavy atom. The fourth-order valence-electron chi connectivity index (χ4n) is 4.37. The minimum Gasteiger partial charge on any atom is -0.411 e. The maximum absolute atomic E-state index is 9.73. The molecule has 25 heavy (non-hydrogen) atoms. The largest absolute Gasteiger partial charge is 0.411 e. The van der Waals surface area contributed by atoms with Gasteiger partial charge in [0.05, 0.1) is 5.71 Å². The Bertz CT molecular complexity index is 712. The number of fused-ring (bicyclic) bond motifs is 2. The van der Waals surface area contributed by atoms with E-state index < -0.39 is 0 Å². The maximum Gasteiger partial charge on any atom is 0.0670 e. The van der Waals surface area contributed by atoms with Crippen LogP contribution in [0.4, 0.5) is 0 Å². The molecule has 1 saturated heterocycles. The monoisotopic (exact) mass is 374 g/mol. The molecule has 1 heterocycles. The van der Waals surface area contributed by atoms with Gasteiger partial charge in [-0.15, -0.1) is 0 Å². The number of benzene rings is 2. The van der Waals surface area contributed by atoms with Gasteiger partial charge < -0.3 is 10.5 Å². The molecule has 2 fully saturated rings. The molecule has 5 heteroatoms. The van der Waals surface area contributed by atoms with Gasteiger partial charge in [-0.3, -0.25) is 0 Å². The molecule has 4 rings (SSSR count). The highest BCUT2D eigenvalue weighted by Gasteiger charge is 2.45.